The zero-order chi connectivity index (χ0) is 20.4. The maximum atomic E-state index is 13.0. The lowest BCUT2D eigenvalue weighted by atomic mass is 9.91. The normalized spacial score (nSPS) is 16.8. The maximum Gasteiger partial charge on any atom is 0.289 e. The Balaban J connectivity index is 1.50. The summed E-state index contributed by atoms with van der Waals surface area (Å²) in [6.45, 7) is 1.31. The summed E-state index contributed by atoms with van der Waals surface area (Å²) >= 11 is 5.95. The number of rotatable bonds is 4. The molecular formula is C23H22ClNO4. The Morgan fingerprint density at radius 3 is 2.76 bits per heavy atom. The minimum atomic E-state index is -0.260. The third kappa shape index (κ3) is 4.30. The molecule has 5 nitrogen and oxygen atoms in total. The van der Waals surface area contributed by atoms with E-state index < -0.39 is 0 Å². The Kier molecular flexibility index (Phi) is 5.58. The molecule has 2 heterocycles. The molecule has 1 atom stereocenters. The van der Waals surface area contributed by atoms with Gasteiger partial charge in [-0.2, -0.15) is 0 Å². The average Bonchev–Trinajstić information content (AvgIpc) is 2.74. The summed E-state index contributed by atoms with van der Waals surface area (Å²) in [6.07, 6.45) is 2.89. The molecule has 0 saturated carbocycles. The fourth-order valence-electron chi connectivity index (χ4n) is 3.90. The zero-order valence-electron chi connectivity index (χ0n) is 16.2. The Bertz CT molecular complexity index is 1090. The van der Waals surface area contributed by atoms with Crippen LogP contribution in [0.15, 0.2) is 57.7 Å². The highest BCUT2D eigenvalue weighted by Gasteiger charge is 2.26. The molecule has 4 rings (SSSR count). The Morgan fingerprint density at radius 2 is 2.00 bits per heavy atom. The van der Waals surface area contributed by atoms with E-state index in [1.165, 1.54) is 11.6 Å². The van der Waals surface area contributed by atoms with Gasteiger partial charge in [0.25, 0.3) is 5.91 Å². The number of piperidine rings is 1. The fraction of sp³-hybridized carbons (Fsp3) is 0.304. The van der Waals surface area contributed by atoms with Crippen molar-refractivity contribution in [2.75, 3.05) is 20.2 Å². The van der Waals surface area contributed by atoms with Crippen molar-refractivity contribution in [3.8, 4) is 5.75 Å². The summed E-state index contributed by atoms with van der Waals surface area (Å²) in [7, 11) is 1.65. The van der Waals surface area contributed by atoms with Crippen LogP contribution in [0.2, 0.25) is 5.02 Å². The van der Waals surface area contributed by atoms with E-state index in [0.717, 1.165) is 25.0 Å². The summed E-state index contributed by atoms with van der Waals surface area (Å²) in [4.78, 5) is 27.2. The number of fused-ring (bicyclic) bond motifs is 1. The van der Waals surface area contributed by atoms with Crippen LogP contribution < -0.4 is 10.2 Å². The van der Waals surface area contributed by atoms with Crippen molar-refractivity contribution in [3.63, 3.8) is 0 Å². The molecule has 1 unspecified atom stereocenters. The second-order valence-electron chi connectivity index (χ2n) is 7.43. The molecule has 1 amide bonds. The Labute approximate surface area is 173 Å². The van der Waals surface area contributed by atoms with E-state index in [9.17, 15) is 9.59 Å². The number of likely N-dealkylation sites (tertiary alicyclic amines) is 1. The van der Waals surface area contributed by atoms with Crippen molar-refractivity contribution >= 4 is 28.5 Å². The molecule has 1 aliphatic heterocycles. The zero-order valence-corrected chi connectivity index (χ0v) is 16.9. The van der Waals surface area contributed by atoms with Crippen molar-refractivity contribution in [3.05, 3.63) is 75.1 Å². The van der Waals surface area contributed by atoms with Crippen LogP contribution in [0.3, 0.4) is 0 Å². The lowest BCUT2D eigenvalue weighted by Crippen LogP contribution is -2.40. The van der Waals surface area contributed by atoms with Gasteiger partial charge in [0.15, 0.2) is 11.2 Å². The molecule has 3 aromatic rings. The first kappa shape index (κ1) is 19.5. The molecule has 29 heavy (non-hydrogen) atoms. The van der Waals surface area contributed by atoms with Gasteiger partial charge in [-0.15, -0.1) is 0 Å². The van der Waals surface area contributed by atoms with Gasteiger partial charge >= 0.3 is 0 Å². The van der Waals surface area contributed by atoms with Crippen LogP contribution in [0.1, 0.15) is 29.0 Å². The van der Waals surface area contributed by atoms with E-state index in [0.29, 0.717) is 35.0 Å². The largest absolute Gasteiger partial charge is 0.497 e. The number of amides is 1. The van der Waals surface area contributed by atoms with Crippen molar-refractivity contribution in [2.24, 2.45) is 5.92 Å². The van der Waals surface area contributed by atoms with Gasteiger partial charge in [-0.25, -0.2) is 0 Å². The second-order valence-corrected chi connectivity index (χ2v) is 7.86. The topological polar surface area (TPSA) is 59.8 Å². The fourth-order valence-corrected chi connectivity index (χ4v) is 4.07. The number of ether oxygens (including phenoxy) is 1. The van der Waals surface area contributed by atoms with Gasteiger partial charge in [-0.3, -0.25) is 9.59 Å². The molecule has 0 N–H and O–H groups in total. The first-order chi connectivity index (χ1) is 14.0. The smallest absolute Gasteiger partial charge is 0.289 e. The number of methoxy groups -OCH3 is 1. The highest BCUT2D eigenvalue weighted by molar-refractivity contribution is 6.31. The van der Waals surface area contributed by atoms with E-state index in [4.69, 9.17) is 20.8 Å². The molecule has 0 spiro atoms. The number of carbonyl (C=O) groups excluding carboxylic acids is 1. The standard InChI is InChI=1S/C23H22ClNO4/c1-28-18-7-4-15(5-8-18)11-16-3-2-10-25(14-16)23(27)22-13-20(26)19-12-17(24)6-9-21(19)29-22/h4-9,12-13,16H,2-3,10-11,14H2,1H3. The van der Waals surface area contributed by atoms with Gasteiger partial charge in [0.2, 0.25) is 0 Å². The van der Waals surface area contributed by atoms with Crippen LogP contribution >= 0.6 is 11.6 Å². The predicted octanol–water partition coefficient (Wildman–Crippen LogP) is 4.55. The first-order valence-corrected chi connectivity index (χ1v) is 10.1. The third-order valence-electron chi connectivity index (χ3n) is 5.39. The predicted molar refractivity (Wildman–Crippen MR) is 113 cm³/mol. The highest BCUT2D eigenvalue weighted by Crippen LogP contribution is 2.24. The summed E-state index contributed by atoms with van der Waals surface area (Å²) in [5.41, 5.74) is 1.33. The van der Waals surface area contributed by atoms with Crippen LogP contribution in [-0.2, 0) is 6.42 Å². The molecule has 1 fully saturated rings. The van der Waals surface area contributed by atoms with E-state index in [1.54, 1.807) is 30.2 Å². The van der Waals surface area contributed by atoms with Gasteiger partial charge in [0, 0.05) is 24.2 Å². The van der Waals surface area contributed by atoms with Crippen molar-refractivity contribution in [2.45, 2.75) is 19.3 Å². The minimum absolute atomic E-state index is 0.0786. The van der Waals surface area contributed by atoms with E-state index in [1.807, 2.05) is 12.1 Å². The number of hydrogen-bond donors (Lipinski definition) is 0. The molecule has 6 heteroatoms. The average molecular weight is 412 g/mol. The van der Waals surface area contributed by atoms with Crippen molar-refractivity contribution in [1.82, 2.24) is 4.90 Å². The van der Waals surface area contributed by atoms with Crippen LogP contribution in [0, 0.1) is 5.92 Å². The first-order valence-electron chi connectivity index (χ1n) is 9.69. The van der Waals surface area contributed by atoms with Crippen LogP contribution in [0.25, 0.3) is 11.0 Å². The molecule has 1 saturated heterocycles. The molecule has 0 aliphatic carbocycles. The van der Waals surface area contributed by atoms with E-state index in [-0.39, 0.29) is 17.1 Å². The monoisotopic (exact) mass is 411 g/mol. The van der Waals surface area contributed by atoms with Crippen LogP contribution in [-0.4, -0.2) is 31.0 Å². The van der Waals surface area contributed by atoms with Crippen molar-refractivity contribution < 1.29 is 13.9 Å². The quantitative estimate of drug-likeness (QED) is 0.632. The number of halogens is 1. The second kappa shape index (κ2) is 8.29. The molecule has 1 aliphatic rings. The molecular weight excluding hydrogens is 390 g/mol. The number of benzene rings is 2. The number of hydrogen-bond acceptors (Lipinski definition) is 4. The number of carbonyl (C=O) groups is 1. The summed E-state index contributed by atoms with van der Waals surface area (Å²) in [5, 5.41) is 0.839. The lowest BCUT2D eigenvalue weighted by Gasteiger charge is -2.32. The van der Waals surface area contributed by atoms with Gasteiger partial charge < -0.3 is 14.1 Å². The lowest BCUT2D eigenvalue weighted by molar-refractivity contribution is 0.0642. The minimum Gasteiger partial charge on any atom is -0.497 e. The SMILES string of the molecule is COc1ccc(CC2CCCN(C(=O)c3cc(=O)c4cc(Cl)ccc4o3)C2)cc1. The molecule has 0 bridgehead atoms. The number of nitrogens with zero attached hydrogens (tertiary/aromatic N) is 1. The third-order valence-corrected chi connectivity index (χ3v) is 5.62. The van der Waals surface area contributed by atoms with E-state index >= 15 is 0 Å². The van der Waals surface area contributed by atoms with Crippen LogP contribution in [0.5, 0.6) is 5.75 Å². The maximum absolute atomic E-state index is 13.0. The van der Waals surface area contributed by atoms with Gasteiger partial charge in [0.1, 0.15) is 11.3 Å². The summed E-state index contributed by atoms with van der Waals surface area (Å²) in [5.74, 6) is 1.04. The molecule has 1 aromatic heterocycles. The molecule has 0 radical (unpaired) electrons. The summed E-state index contributed by atoms with van der Waals surface area (Å²) < 4.78 is 10.9. The highest BCUT2D eigenvalue weighted by atomic mass is 35.5. The van der Waals surface area contributed by atoms with E-state index in [2.05, 4.69) is 12.1 Å². The van der Waals surface area contributed by atoms with Gasteiger partial charge in [0.05, 0.1) is 12.5 Å². The van der Waals surface area contributed by atoms with Gasteiger partial charge in [-0.1, -0.05) is 23.7 Å². The molecule has 2 aromatic carbocycles. The van der Waals surface area contributed by atoms with Crippen molar-refractivity contribution in [1.29, 1.82) is 0 Å². The van der Waals surface area contributed by atoms with Gasteiger partial charge in [-0.05, 0) is 61.1 Å². The van der Waals surface area contributed by atoms with Crippen LogP contribution in [0.4, 0.5) is 0 Å². The molecule has 150 valence electrons. The Morgan fingerprint density at radius 1 is 1.21 bits per heavy atom. The summed E-state index contributed by atoms with van der Waals surface area (Å²) in [6, 6.07) is 14.1. The Hall–Kier alpha value is -2.79.